The van der Waals surface area contributed by atoms with Gasteiger partial charge in [0.05, 0.1) is 12.5 Å². The second-order valence-corrected chi connectivity index (χ2v) is 6.47. The van der Waals surface area contributed by atoms with Crippen molar-refractivity contribution in [1.29, 1.82) is 0 Å². The van der Waals surface area contributed by atoms with Crippen LogP contribution in [0.1, 0.15) is 38.2 Å². The molecule has 0 spiro atoms. The van der Waals surface area contributed by atoms with E-state index in [-0.39, 0.29) is 0 Å². The van der Waals surface area contributed by atoms with Crippen molar-refractivity contribution < 1.29 is 19.5 Å². The first-order valence-electron chi connectivity index (χ1n) is 8.24. The van der Waals surface area contributed by atoms with Crippen LogP contribution < -0.4 is 5.11 Å². The minimum atomic E-state index is -1.48. The summed E-state index contributed by atoms with van der Waals surface area (Å²) in [7, 11) is 0. The lowest BCUT2D eigenvalue weighted by Crippen LogP contribution is -2.47. The van der Waals surface area contributed by atoms with Gasteiger partial charge in [-0.2, -0.15) is 0 Å². The summed E-state index contributed by atoms with van der Waals surface area (Å²) in [5.74, 6) is -2.73. The number of carbonyl (C=O) groups is 3. The number of aryl methyl sites for hydroxylation is 3. The Balaban J connectivity index is 2.20. The fourth-order valence-corrected chi connectivity index (χ4v) is 3.11. The van der Waals surface area contributed by atoms with E-state index in [9.17, 15) is 19.5 Å². The van der Waals surface area contributed by atoms with E-state index in [2.05, 4.69) is 0 Å². The third-order valence-corrected chi connectivity index (χ3v) is 4.64. The van der Waals surface area contributed by atoms with Gasteiger partial charge in [-0.1, -0.05) is 30.3 Å². The van der Waals surface area contributed by atoms with Crippen LogP contribution in [0.15, 0.2) is 36.4 Å². The van der Waals surface area contributed by atoms with Crippen LogP contribution in [0.25, 0.3) is 11.6 Å². The van der Waals surface area contributed by atoms with E-state index in [1.807, 2.05) is 32.9 Å². The van der Waals surface area contributed by atoms with Gasteiger partial charge in [-0.3, -0.25) is 14.5 Å². The van der Waals surface area contributed by atoms with Gasteiger partial charge in [-0.15, -0.1) is 0 Å². The van der Waals surface area contributed by atoms with Crippen molar-refractivity contribution in [3.05, 3.63) is 69.8 Å². The van der Waals surface area contributed by atoms with E-state index >= 15 is 0 Å². The van der Waals surface area contributed by atoms with Crippen LogP contribution in [0.2, 0.25) is 0 Å². The molecule has 1 aliphatic rings. The van der Waals surface area contributed by atoms with Gasteiger partial charge in [0, 0.05) is 11.1 Å². The monoisotopic (exact) mass is 348 g/mol. The van der Waals surface area contributed by atoms with Crippen molar-refractivity contribution in [1.82, 2.24) is 4.90 Å². The Morgan fingerprint density at radius 2 is 1.58 bits per heavy atom. The predicted molar refractivity (Wildman–Crippen MR) is 96.0 cm³/mol. The van der Waals surface area contributed by atoms with Crippen LogP contribution in [0, 0.1) is 20.8 Å². The molecule has 0 saturated carbocycles. The fraction of sp³-hybridized carbons (Fsp3) is 0.190. The average molecular weight is 348 g/mol. The number of aliphatic carboxylic acids is 1. The van der Waals surface area contributed by atoms with Gasteiger partial charge in [-0.05, 0) is 60.7 Å². The summed E-state index contributed by atoms with van der Waals surface area (Å²) in [4.78, 5) is 37.1. The molecule has 1 aliphatic heterocycles. The highest BCUT2D eigenvalue weighted by molar-refractivity contribution is 6.34. The van der Waals surface area contributed by atoms with Crippen molar-refractivity contribution in [3.63, 3.8) is 0 Å². The van der Waals surface area contributed by atoms with Crippen LogP contribution >= 0.6 is 0 Å². The number of imide groups is 1. The number of carboxylic acid groups (broad SMARTS) is 1. The molecule has 0 bridgehead atoms. The smallest absolute Gasteiger partial charge is 0.261 e. The second-order valence-electron chi connectivity index (χ2n) is 6.47. The zero-order valence-corrected chi connectivity index (χ0v) is 14.8. The lowest BCUT2D eigenvalue weighted by molar-refractivity contribution is -0.305. The van der Waals surface area contributed by atoms with Gasteiger partial charge in [0.15, 0.2) is 0 Å². The maximum atomic E-state index is 12.8. The van der Waals surface area contributed by atoms with E-state index in [4.69, 9.17) is 0 Å². The Hall–Kier alpha value is -3.21. The Labute approximate surface area is 151 Å². The third-order valence-electron chi connectivity index (χ3n) is 4.64. The minimum Gasteiger partial charge on any atom is -0.548 e. The molecule has 0 radical (unpaired) electrons. The topological polar surface area (TPSA) is 77.5 Å². The van der Waals surface area contributed by atoms with E-state index in [1.165, 1.54) is 0 Å². The molecule has 3 rings (SSSR count). The summed E-state index contributed by atoms with van der Waals surface area (Å²) in [6.45, 7) is 5.18. The maximum Gasteiger partial charge on any atom is 0.261 e. The molecule has 2 amide bonds. The lowest BCUT2D eigenvalue weighted by Gasteiger charge is -2.29. The van der Waals surface area contributed by atoms with E-state index in [1.54, 1.807) is 30.3 Å². The SMILES string of the molecule is Cc1cc(C)c(/C=C2\C(=O)N(CC(=O)[O-])C(=O)c3ccccc32)cc1C. The van der Waals surface area contributed by atoms with Gasteiger partial charge in [-0.25, -0.2) is 0 Å². The van der Waals surface area contributed by atoms with E-state index in [0.29, 0.717) is 16.7 Å². The van der Waals surface area contributed by atoms with E-state index < -0.39 is 24.3 Å². The summed E-state index contributed by atoms with van der Waals surface area (Å²) in [5.41, 5.74) is 5.20. The molecule has 132 valence electrons. The zero-order valence-electron chi connectivity index (χ0n) is 14.8. The van der Waals surface area contributed by atoms with Gasteiger partial charge in [0.1, 0.15) is 0 Å². The van der Waals surface area contributed by atoms with Crippen molar-refractivity contribution in [2.75, 3.05) is 6.54 Å². The molecular weight excluding hydrogens is 330 g/mol. The van der Waals surface area contributed by atoms with Gasteiger partial charge < -0.3 is 9.90 Å². The van der Waals surface area contributed by atoms with Crippen molar-refractivity contribution in [2.24, 2.45) is 0 Å². The fourth-order valence-electron chi connectivity index (χ4n) is 3.11. The third kappa shape index (κ3) is 3.04. The van der Waals surface area contributed by atoms with Crippen LogP contribution in [-0.4, -0.2) is 29.2 Å². The number of hydrogen-bond donors (Lipinski definition) is 0. The molecule has 5 heteroatoms. The summed E-state index contributed by atoms with van der Waals surface area (Å²) < 4.78 is 0. The first kappa shape index (κ1) is 17.6. The Kier molecular flexibility index (Phi) is 4.47. The predicted octanol–water partition coefficient (Wildman–Crippen LogP) is 1.88. The first-order valence-corrected chi connectivity index (χ1v) is 8.24. The molecule has 0 saturated heterocycles. The molecule has 0 aromatic heterocycles. The number of hydrogen-bond acceptors (Lipinski definition) is 4. The first-order chi connectivity index (χ1) is 12.3. The van der Waals surface area contributed by atoms with Crippen molar-refractivity contribution >= 4 is 29.4 Å². The average Bonchev–Trinajstić information content (AvgIpc) is 2.59. The molecule has 1 heterocycles. The maximum absolute atomic E-state index is 12.8. The summed E-state index contributed by atoms with van der Waals surface area (Å²) in [6, 6.07) is 10.7. The molecular formula is C21H18NO4-. The highest BCUT2D eigenvalue weighted by atomic mass is 16.4. The van der Waals surface area contributed by atoms with Crippen LogP contribution in [-0.2, 0) is 9.59 Å². The van der Waals surface area contributed by atoms with Gasteiger partial charge in [0.25, 0.3) is 11.8 Å². The number of carboxylic acids is 1. The molecule has 2 aromatic carbocycles. The van der Waals surface area contributed by atoms with Crippen molar-refractivity contribution in [3.8, 4) is 0 Å². The summed E-state index contributed by atoms with van der Waals surface area (Å²) in [5, 5.41) is 11.0. The number of benzene rings is 2. The number of nitrogens with zero attached hydrogens (tertiary/aromatic N) is 1. The molecule has 2 aromatic rings. The number of rotatable bonds is 3. The zero-order chi connectivity index (χ0) is 19.0. The van der Waals surface area contributed by atoms with E-state index in [0.717, 1.165) is 27.2 Å². The minimum absolute atomic E-state index is 0.299. The molecule has 0 fully saturated rings. The van der Waals surface area contributed by atoms with Gasteiger partial charge >= 0.3 is 0 Å². The standard InChI is InChI=1S/C21H19NO4/c1-12-8-14(3)15(9-13(12)2)10-18-16-6-4-5-7-17(16)20(25)22(21(18)26)11-19(23)24/h4-10H,11H2,1-3H3,(H,23,24)/p-1/b18-10-. The molecule has 0 aliphatic carbocycles. The normalized spacial score (nSPS) is 15.3. The van der Waals surface area contributed by atoms with Crippen LogP contribution in [0.5, 0.6) is 0 Å². The van der Waals surface area contributed by atoms with Crippen LogP contribution in [0.3, 0.4) is 0 Å². The molecule has 5 nitrogen and oxygen atoms in total. The largest absolute Gasteiger partial charge is 0.548 e. The molecule has 0 atom stereocenters. The quantitative estimate of drug-likeness (QED) is 0.627. The van der Waals surface area contributed by atoms with Crippen molar-refractivity contribution in [2.45, 2.75) is 20.8 Å². The molecule has 26 heavy (non-hydrogen) atoms. The highest BCUT2D eigenvalue weighted by Crippen LogP contribution is 2.31. The number of amides is 2. The molecule has 0 unspecified atom stereocenters. The number of carbonyl (C=O) groups excluding carboxylic acids is 3. The summed E-state index contributed by atoms with van der Waals surface area (Å²) >= 11 is 0. The van der Waals surface area contributed by atoms with Crippen LogP contribution in [0.4, 0.5) is 0 Å². The highest BCUT2D eigenvalue weighted by Gasteiger charge is 2.34. The van der Waals surface area contributed by atoms with Gasteiger partial charge in [0.2, 0.25) is 0 Å². The Morgan fingerprint density at radius 1 is 0.962 bits per heavy atom. The Morgan fingerprint density at radius 3 is 2.23 bits per heavy atom. The Bertz CT molecular complexity index is 972. The molecule has 0 N–H and O–H groups in total. The second kappa shape index (κ2) is 6.59. The number of fused-ring (bicyclic) bond motifs is 1. The summed E-state index contributed by atoms with van der Waals surface area (Å²) in [6.07, 6.45) is 1.72. The lowest BCUT2D eigenvalue weighted by atomic mass is 9.90.